The topological polar surface area (TPSA) is 49.2 Å². The summed E-state index contributed by atoms with van der Waals surface area (Å²) in [5.74, 6) is -0.0219. The average Bonchev–Trinajstić information content (AvgIpc) is 2.25. The standard InChI is InChI=1S/C9H12F3N3O/c1-2-15(5-6-16)8-13-4-3-7(14-8)9(10,11)12/h3-4,16H,2,5-6H2,1H3. The first-order chi connectivity index (χ1) is 7.49. The third-order valence-electron chi connectivity index (χ3n) is 1.97. The molecule has 0 atom stereocenters. The highest BCUT2D eigenvalue weighted by Crippen LogP contribution is 2.27. The number of aliphatic hydroxyl groups excluding tert-OH is 1. The molecule has 1 heterocycles. The Morgan fingerprint density at radius 1 is 1.44 bits per heavy atom. The van der Waals surface area contributed by atoms with Crippen molar-refractivity contribution < 1.29 is 18.3 Å². The van der Waals surface area contributed by atoms with E-state index in [-0.39, 0.29) is 19.1 Å². The first kappa shape index (κ1) is 12.7. The van der Waals surface area contributed by atoms with Crippen LogP contribution in [-0.2, 0) is 6.18 Å². The molecule has 16 heavy (non-hydrogen) atoms. The zero-order valence-corrected chi connectivity index (χ0v) is 8.70. The van der Waals surface area contributed by atoms with Crippen molar-refractivity contribution in [1.29, 1.82) is 0 Å². The summed E-state index contributed by atoms with van der Waals surface area (Å²) in [4.78, 5) is 8.63. The van der Waals surface area contributed by atoms with Gasteiger partial charge in [0.15, 0.2) is 0 Å². The van der Waals surface area contributed by atoms with E-state index in [1.54, 1.807) is 6.92 Å². The molecule has 0 saturated carbocycles. The molecule has 1 N–H and O–H groups in total. The lowest BCUT2D eigenvalue weighted by molar-refractivity contribution is -0.141. The zero-order chi connectivity index (χ0) is 12.2. The molecule has 7 heteroatoms. The van der Waals surface area contributed by atoms with E-state index < -0.39 is 11.9 Å². The molecule has 0 aromatic carbocycles. The van der Waals surface area contributed by atoms with Crippen LogP contribution in [0.1, 0.15) is 12.6 Å². The monoisotopic (exact) mass is 235 g/mol. The molecular weight excluding hydrogens is 223 g/mol. The highest BCUT2D eigenvalue weighted by molar-refractivity contribution is 5.30. The van der Waals surface area contributed by atoms with Crippen molar-refractivity contribution in [2.24, 2.45) is 0 Å². The van der Waals surface area contributed by atoms with E-state index in [1.807, 2.05) is 0 Å². The van der Waals surface area contributed by atoms with Crippen molar-refractivity contribution in [2.45, 2.75) is 13.1 Å². The molecule has 1 aromatic heterocycles. The van der Waals surface area contributed by atoms with Gasteiger partial charge in [0.25, 0.3) is 0 Å². The van der Waals surface area contributed by atoms with Crippen molar-refractivity contribution in [1.82, 2.24) is 9.97 Å². The van der Waals surface area contributed by atoms with Gasteiger partial charge in [0.1, 0.15) is 5.69 Å². The third kappa shape index (κ3) is 3.06. The number of hydrogen-bond acceptors (Lipinski definition) is 4. The Labute approximate surface area is 90.7 Å². The Hall–Kier alpha value is -1.37. The molecule has 0 spiro atoms. The molecule has 4 nitrogen and oxygen atoms in total. The third-order valence-corrected chi connectivity index (χ3v) is 1.97. The van der Waals surface area contributed by atoms with Crippen LogP contribution in [0, 0.1) is 0 Å². The summed E-state index contributed by atoms with van der Waals surface area (Å²) in [6, 6.07) is 0.816. The number of hydrogen-bond donors (Lipinski definition) is 1. The second kappa shape index (κ2) is 5.11. The minimum atomic E-state index is -4.48. The maximum absolute atomic E-state index is 12.4. The number of anilines is 1. The molecule has 0 radical (unpaired) electrons. The van der Waals surface area contributed by atoms with Gasteiger partial charge in [-0.2, -0.15) is 13.2 Å². The second-order valence-corrected chi connectivity index (χ2v) is 3.04. The van der Waals surface area contributed by atoms with Crippen molar-refractivity contribution in [3.63, 3.8) is 0 Å². The Bertz CT molecular complexity index is 343. The fourth-order valence-electron chi connectivity index (χ4n) is 1.18. The number of aromatic nitrogens is 2. The molecule has 0 aliphatic heterocycles. The molecule has 0 aliphatic carbocycles. The lowest BCUT2D eigenvalue weighted by Gasteiger charge is -2.19. The van der Waals surface area contributed by atoms with Gasteiger partial charge in [-0.25, -0.2) is 9.97 Å². The predicted molar refractivity (Wildman–Crippen MR) is 52.0 cm³/mol. The second-order valence-electron chi connectivity index (χ2n) is 3.04. The fourth-order valence-corrected chi connectivity index (χ4v) is 1.18. The summed E-state index contributed by atoms with van der Waals surface area (Å²) in [6.45, 7) is 2.23. The van der Waals surface area contributed by atoms with Gasteiger partial charge in [0.2, 0.25) is 5.95 Å². The van der Waals surface area contributed by atoms with Crippen LogP contribution in [0.25, 0.3) is 0 Å². The highest BCUT2D eigenvalue weighted by atomic mass is 19.4. The molecule has 0 bridgehead atoms. The molecule has 0 aliphatic rings. The van der Waals surface area contributed by atoms with Crippen LogP contribution in [-0.4, -0.2) is 34.8 Å². The molecule has 90 valence electrons. The lowest BCUT2D eigenvalue weighted by Crippen LogP contribution is -2.28. The first-order valence-corrected chi connectivity index (χ1v) is 4.75. The van der Waals surface area contributed by atoms with Crippen molar-refractivity contribution in [3.05, 3.63) is 18.0 Å². The fraction of sp³-hybridized carbons (Fsp3) is 0.556. The summed E-state index contributed by atoms with van der Waals surface area (Å²) in [6.07, 6.45) is -3.42. The highest BCUT2D eigenvalue weighted by Gasteiger charge is 2.33. The van der Waals surface area contributed by atoms with Crippen LogP contribution in [0.4, 0.5) is 19.1 Å². The molecule has 0 unspecified atom stereocenters. The van der Waals surface area contributed by atoms with E-state index in [0.29, 0.717) is 6.54 Å². The SMILES string of the molecule is CCN(CCO)c1nccc(C(F)(F)F)n1. The number of rotatable bonds is 4. The van der Waals surface area contributed by atoms with Crippen molar-refractivity contribution in [2.75, 3.05) is 24.6 Å². The van der Waals surface area contributed by atoms with E-state index in [1.165, 1.54) is 4.90 Å². The number of aliphatic hydroxyl groups is 1. The summed E-state index contributed by atoms with van der Waals surface area (Å²) >= 11 is 0. The number of likely N-dealkylation sites (N-methyl/N-ethyl adjacent to an activating group) is 1. The summed E-state index contributed by atoms with van der Waals surface area (Å²) in [7, 11) is 0. The van der Waals surface area contributed by atoms with Gasteiger partial charge in [-0.05, 0) is 13.0 Å². The zero-order valence-electron chi connectivity index (χ0n) is 8.70. The molecule has 0 saturated heterocycles. The van der Waals surface area contributed by atoms with E-state index in [9.17, 15) is 13.2 Å². The average molecular weight is 235 g/mol. The minimum Gasteiger partial charge on any atom is -0.395 e. The number of alkyl halides is 3. The van der Waals surface area contributed by atoms with Gasteiger partial charge in [0, 0.05) is 19.3 Å². The maximum Gasteiger partial charge on any atom is 0.433 e. The van der Waals surface area contributed by atoms with Crippen LogP contribution >= 0.6 is 0 Å². The summed E-state index contributed by atoms with van der Waals surface area (Å²) in [5.41, 5.74) is -0.978. The number of nitrogens with zero attached hydrogens (tertiary/aromatic N) is 3. The van der Waals surface area contributed by atoms with Gasteiger partial charge < -0.3 is 10.0 Å². The van der Waals surface area contributed by atoms with Crippen LogP contribution in [0.5, 0.6) is 0 Å². The normalized spacial score (nSPS) is 11.6. The summed E-state index contributed by atoms with van der Waals surface area (Å²) < 4.78 is 37.1. The maximum atomic E-state index is 12.4. The quantitative estimate of drug-likeness (QED) is 0.855. The molecule has 1 aromatic rings. The minimum absolute atomic E-state index is 0.0219. The molecule has 1 rings (SSSR count). The van der Waals surface area contributed by atoms with Crippen LogP contribution in [0.15, 0.2) is 12.3 Å². The Morgan fingerprint density at radius 3 is 2.62 bits per heavy atom. The van der Waals surface area contributed by atoms with Gasteiger partial charge in [-0.15, -0.1) is 0 Å². The number of halogens is 3. The predicted octanol–water partition coefficient (Wildman–Crippen LogP) is 1.31. The van der Waals surface area contributed by atoms with Crippen LogP contribution in [0.3, 0.4) is 0 Å². The van der Waals surface area contributed by atoms with E-state index in [4.69, 9.17) is 5.11 Å². The van der Waals surface area contributed by atoms with E-state index in [0.717, 1.165) is 12.3 Å². The molecule has 0 fully saturated rings. The smallest absolute Gasteiger partial charge is 0.395 e. The van der Waals surface area contributed by atoms with Crippen molar-refractivity contribution >= 4 is 5.95 Å². The Balaban J connectivity index is 2.97. The Kier molecular flexibility index (Phi) is 4.05. The summed E-state index contributed by atoms with van der Waals surface area (Å²) in [5, 5.41) is 8.74. The van der Waals surface area contributed by atoms with Gasteiger partial charge in [0.05, 0.1) is 6.61 Å². The largest absolute Gasteiger partial charge is 0.433 e. The van der Waals surface area contributed by atoms with Crippen LogP contribution in [0.2, 0.25) is 0 Å². The van der Waals surface area contributed by atoms with E-state index in [2.05, 4.69) is 9.97 Å². The Morgan fingerprint density at radius 2 is 2.12 bits per heavy atom. The first-order valence-electron chi connectivity index (χ1n) is 4.75. The van der Waals surface area contributed by atoms with E-state index >= 15 is 0 Å². The van der Waals surface area contributed by atoms with Gasteiger partial charge >= 0.3 is 6.18 Å². The molecular formula is C9H12F3N3O. The van der Waals surface area contributed by atoms with Crippen molar-refractivity contribution in [3.8, 4) is 0 Å². The lowest BCUT2D eigenvalue weighted by atomic mass is 10.4. The van der Waals surface area contributed by atoms with Gasteiger partial charge in [-0.1, -0.05) is 0 Å². The molecule has 0 amide bonds. The van der Waals surface area contributed by atoms with Crippen LogP contribution < -0.4 is 4.90 Å². The van der Waals surface area contributed by atoms with Gasteiger partial charge in [-0.3, -0.25) is 0 Å².